The minimum atomic E-state index is 0.0129. The van der Waals surface area contributed by atoms with Gasteiger partial charge in [-0.05, 0) is 25.7 Å². The number of nitrogens with one attached hydrogen (secondary N) is 1. The number of anilines is 1. The molecule has 25 heavy (non-hydrogen) atoms. The van der Waals surface area contributed by atoms with Gasteiger partial charge in [0.2, 0.25) is 0 Å². The van der Waals surface area contributed by atoms with Gasteiger partial charge in [0.25, 0.3) is 0 Å². The van der Waals surface area contributed by atoms with Crippen LogP contribution in [0, 0.1) is 0 Å². The molecule has 1 aromatic rings. The molecule has 1 aromatic heterocycles. The highest BCUT2D eigenvalue weighted by Crippen LogP contribution is 2.36. The minimum Gasteiger partial charge on any atom is -0.379 e. The Morgan fingerprint density at radius 2 is 2.04 bits per heavy atom. The lowest BCUT2D eigenvalue weighted by Gasteiger charge is -2.32. The second-order valence-electron chi connectivity index (χ2n) is 7.54. The molecule has 0 radical (unpaired) electrons. The molecule has 1 saturated carbocycles. The Labute approximate surface area is 149 Å². The predicted octanol–water partition coefficient (Wildman–Crippen LogP) is 2.02. The highest BCUT2D eigenvalue weighted by Gasteiger charge is 2.31. The van der Waals surface area contributed by atoms with Crippen LogP contribution in [0.1, 0.15) is 43.7 Å². The molecule has 4 rings (SSSR count). The van der Waals surface area contributed by atoms with Crippen molar-refractivity contribution in [1.82, 2.24) is 19.6 Å². The minimum absolute atomic E-state index is 0.0129. The van der Waals surface area contributed by atoms with Gasteiger partial charge in [-0.1, -0.05) is 6.42 Å². The molecule has 0 aromatic carbocycles. The fourth-order valence-corrected chi connectivity index (χ4v) is 4.07. The molecule has 3 aliphatic rings. The average molecular weight is 347 g/mol. The standard InChI is InChI=1S/C18H29N5O2/c1-21-17(12-16(20-21)14-4-2-5-14)19-18(24)23-7-3-6-15(23)13-22-8-10-25-11-9-22/h12,14-15H,2-11,13H2,1H3,(H,19,24). The first-order valence-corrected chi connectivity index (χ1v) is 9.62. The smallest absolute Gasteiger partial charge is 0.323 e. The van der Waals surface area contributed by atoms with Crippen LogP contribution in [0.15, 0.2) is 6.07 Å². The van der Waals surface area contributed by atoms with Crippen molar-refractivity contribution in [3.05, 3.63) is 11.8 Å². The number of urea groups is 1. The number of hydrogen-bond acceptors (Lipinski definition) is 4. The summed E-state index contributed by atoms with van der Waals surface area (Å²) in [7, 11) is 1.91. The molecule has 0 spiro atoms. The molecule has 1 N–H and O–H groups in total. The number of aromatic nitrogens is 2. The van der Waals surface area contributed by atoms with Crippen molar-refractivity contribution >= 4 is 11.8 Å². The third-order valence-corrected chi connectivity index (χ3v) is 5.87. The van der Waals surface area contributed by atoms with E-state index in [9.17, 15) is 4.79 Å². The number of carbonyl (C=O) groups is 1. The van der Waals surface area contributed by atoms with E-state index in [0.717, 1.165) is 63.7 Å². The molecule has 7 heteroatoms. The Bertz CT molecular complexity index is 607. The zero-order valence-corrected chi connectivity index (χ0v) is 15.1. The zero-order valence-electron chi connectivity index (χ0n) is 15.1. The molecule has 3 fully saturated rings. The number of aryl methyl sites for hydroxylation is 1. The van der Waals surface area contributed by atoms with Crippen molar-refractivity contribution < 1.29 is 9.53 Å². The molecule has 1 unspecified atom stereocenters. The van der Waals surface area contributed by atoms with Crippen LogP contribution in [0.25, 0.3) is 0 Å². The summed E-state index contributed by atoms with van der Waals surface area (Å²) in [6.45, 7) is 5.34. The summed E-state index contributed by atoms with van der Waals surface area (Å²) in [5, 5.41) is 7.67. The van der Waals surface area contributed by atoms with E-state index in [0.29, 0.717) is 12.0 Å². The lowest BCUT2D eigenvalue weighted by atomic mass is 9.83. The Hall–Kier alpha value is -1.60. The van der Waals surface area contributed by atoms with E-state index in [1.807, 2.05) is 11.9 Å². The topological polar surface area (TPSA) is 62.6 Å². The number of ether oxygens (including phenoxy) is 1. The van der Waals surface area contributed by atoms with Gasteiger partial charge < -0.3 is 9.64 Å². The van der Waals surface area contributed by atoms with Gasteiger partial charge in [-0.15, -0.1) is 0 Å². The van der Waals surface area contributed by atoms with Gasteiger partial charge in [-0.3, -0.25) is 14.9 Å². The molecule has 2 saturated heterocycles. The van der Waals surface area contributed by atoms with Crippen LogP contribution in [-0.4, -0.2) is 71.0 Å². The Morgan fingerprint density at radius 1 is 1.24 bits per heavy atom. The summed E-state index contributed by atoms with van der Waals surface area (Å²) in [6.07, 6.45) is 5.90. The van der Waals surface area contributed by atoms with E-state index in [2.05, 4.69) is 21.4 Å². The normalized spacial score (nSPS) is 25.2. The molecule has 0 bridgehead atoms. The van der Waals surface area contributed by atoms with Crippen molar-refractivity contribution in [2.45, 2.75) is 44.1 Å². The lowest BCUT2D eigenvalue weighted by molar-refractivity contribution is 0.0296. The van der Waals surface area contributed by atoms with Gasteiger partial charge in [-0.2, -0.15) is 5.10 Å². The first kappa shape index (κ1) is 16.8. The maximum absolute atomic E-state index is 12.8. The SMILES string of the molecule is Cn1nc(C2CCC2)cc1NC(=O)N1CCCC1CN1CCOCC1. The first-order valence-electron chi connectivity index (χ1n) is 9.62. The van der Waals surface area contributed by atoms with Crippen LogP contribution < -0.4 is 5.32 Å². The number of amides is 2. The van der Waals surface area contributed by atoms with Crippen molar-refractivity contribution in [3.63, 3.8) is 0 Å². The molecular weight excluding hydrogens is 318 g/mol. The molecule has 1 atom stereocenters. The zero-order chi connectivity index (χ0) is 17.2. The monoisotopic (exact) mass is 347 g/mol. The van der Waals surface area contributed by atoms with Crippen molar-refractivity contribution in [2.75, 3.05) is 44.7 Å². The highest BCUT2D eigenvalue weighted by molar-refractivity contribution is 5.89. The number of likely N-dealkylation sites (tertiary alicyclic amines) is 1. The molecule has 1 aliphatic carbocycles. The second-order valence-corrected chi connectivity index (χ2v) is 7.54. The van der Waals surface area contributed by atoms with E-state index in [-0.39, 0.29) is 6.03 Å². The van der Waals surface area contributed by atoms with Crippen molar-refractivity contribution in [1.29, 1.82) is 0 Å². The van der Waals surface area contributed by atoms with Gasteiger partial charge in [0.15, 0.2) is 0 Å². The number of hydrogen-bond donors (Lipinski definition) is 1. The van der Waals surface area contributed by atoms with Gasteiger partial charge in [0.1, 0.15) is 5.82 Å². The number of rotatable bonds is 4. The number of nitrogens with zero attached hydrogens (tertiary/aromatic N) is 4. The van der Waals surface area contributed by atoms with E-state index in [1.54, 1.807) is 4.68 Å². The summed E-state index contributed by atoms with van der Waals surface area (Å²) in [5.74, 6) is 1.39. The van der Waals surface area contributed by atoms with Crippen LogP contribution in [0.5, 0.6) is 0 Å². The maximum atomic E-state index is 12.8. The third-order valence-electron chi connectivity index (χ3n) is 5.87. The Balaban J connectivity index is 1.37. The fourth-order valence-electron chi connectivity index (χ4n) is 4.07. The predicted molar refractivity (Wildman–Crippen MR) is 95.8 cm³/mol. The van der Waals surface area contributed by atoms with E-state index in [1.165, 1.54) is 19.3 Å². The van der Waals surface area contributed by atoms with Gasteiger partial charge in [0, 0.05) is 51.3 Å². The Morgan fingerprint density at radius 3 is 2.76 bits per heavy atom. The van der Waals surface area contributed by atoms with Crippen LogP contribution in [0.2, 0.25) is 0 Å². The van der Waals surface area contributed by atoms with Crippen LogP contribution in [-0.2, 0) is 11.8 Å². The summed E-state index contributed by atoms with van der Waals surface area (Å²) in [6, 6.07) is 2.37. The average Bonchev–Trinajstić information content (AvgIpc) is 3.14. The largest absolute Gasteiger partial charge is 0.379 e. The molecule has 3 heterocycles. The van der Waals surface area contributed by atoms with Crippen molar-refractivity contribution in [3.8, 4) is 0 Å². The second kappa shape index (κ2) is 7.33. The summed E-state index contributed by atoms with van der Waals surface area (Å²) in [5.41, 5.74) is 1.12. The summed E-state index contributed by atoms with van der Waals surface area (Å²) in [4.78, 5) is 17.2. The van der Waals surface area contributed by atoms with Gasteiger partial charge in [-0.25, -0.2) is 4.79 Å². The van der Waals surface area contributed by atoms with Gasteiger partial charge >= 0.3 is 6.03 Å². The van der Waals surface area contributed by atoms with E-state index >= 15 is 0 Å². The van der Waals surface area contributed by atoms with E-state index in [4.69, 9.17) is 4.74 Å². The summed E-state index contributed by atoms with van der Waals surface area (Å²) >= 11 is 0. The molecule has 138 valence electrons. The molecule has 2 aliphatic heterocycles. The van der Waals surface area contributed by atoms with E-state index < -0.39 is 0 Å². The van der Waals surface area contributed by atoms with Crippen LogP contribution in [0.3, 0.4) is 0 Å². The number of morpholine rings is 1. The maximum Gasteiger partial charge on any atom is 0.323 e. The molecule has 7 nitrogen and oxygen atoms in total. The highest BCUT2D eigenvalue weighted by atomic mass is 16.5. The quantitative estimate of drug-likeness (QED) is 0.905. The molecular formula is C18H29N5O2. The summed E-state index contributed by atoms with van der Waals surface area (Å²) < 4.78 is 7.23. The lowest BCUT2D eigenvalue weighted by Crippen LogP contribution is -2.47. The molecule has 2 amide bonds. The van der Waals surface area contributed by atoms with Gasteiger partial charge in [0.05, 0.1) is 18.9 Å². The Kier molecular flexibility index (Phi) is 4.94. The van der Waals surface area contributed by atoms with Crippen LogP contribution in [0.4, 0.5) is 10.6 Å². The fraction of sp³-hybridized carbons (Fsp3) is 0.778. The van der Waals surface area contributed by atoms with Crippen molar-refractivity contribution in [2.24, 2.45) is 7.05 Å². The van der Waals surface area contributed by atoms with Crippen LogP contribution >= 0.6 is 0 Å². The third kappa shape index (κ3) is 3.67. The first-order chi connectivity index (χ1) is 12.2. The number of carbonyl (C=O) groups excluding carboxylic acids is 1.